The van der Waals surface area contributed by atoms with Gasteiger partial charge in [-0.15, -0.1) is 0 Å². The van der Waals surface area contributed by atoms with Crippen LogP contribution in [0.3, 0.4) is 0 Å². The van der Waals surface area contributed by atoms with Crippen LogP contribution in [0.25, 0.3) is 6.08 Å². The number of benzene rings is 1. The molecule has 0 bridgehead atoms. The van der Waals surface area contributed by atoms with Crippen LogP contribution in [0.1, 0.15) is 107 Å². The summed E-state index contributed by atoms with van der Waals surface area (Å²) in [7, 11) is 0. The molecule has 0 aromatic heterocycles. The Kier molecular flexibility index (Phi) is 13.3. The summed E-state index contributed by atoms with van der Waals surface area (Å²) in [6, 6.07) is 5.29. The number of fused-ring (bicyclic) bond motifs is 1. The van der Waals surface area contributed by atoms with Gasteiger partial charge in [0.15, 0.2) is 0 Å². The lowest BCUT2D eigenvalue weighted by Gasteiger charge is -2.50. The first-order valence-electron chi connectivity index (χ1n) is 19.9. The Labute approximate surface area is 315 Å². The molecule has 1 aromatic rings. The molecule has 53 heavy (non-hydrogen) atoms. The maximum Gasteiger partial charge on any atom is 0.246 e. The molecule has 0 spiro atoms. The van der Waals surface area contributed by atoms with E-state index in [4.69, 9.17) is 4.74 Å². The van der Waals surface area contributed by atoms with E-state index in [0.717, 1.165) is 55.2 Å². The average Bonchev–Trinajstić information content (AvgIpc) is 4.07. The quantitative estimate of drug-likeness (QED) is 0.0404. The highest BCUT2D eigenvalue weighted by Crippen LogP contribution is 2.51. The molecule has 1 aliphatic heterocycles. The Bertz CT molecular complexity index is 1460. The molecule has 12 nitrogen and oxygen atoms in total. The summed E-state index contributed by atoms with van der Waals surface area (Å²) in [5.41, 5.74) is 3.59. The number of likely N-dealkylation sites (N-methyl/N-ethyl adjacent to an activating group) is 1. The molecular formula is C41H63N5O7. The van der Waals surface area contributed by atoms with Crippen molar-refractivity contribution in [3.05, 3.63) is 65.8 Å². The third-order valence-electron chi connectivity index (χ3n) is 12.4. The van der Waals surface area contributed by atoms with Crippen molar-refractivity contribution in [3.8, 4) is 0 Å². The minimum atomic E-state index is -1.39. The molecule has 1 amide bonds. The molecule has 5 aliphatic rings. The number of aliphatic hydroxyl groups is 5. The number of rotatable bonds is 21. The lowest BCUT2D eigenvalue weighted by atomic mass is 9.71. The van der Waals surface area contributed by atoms with Gasteiger partial charge in [-0.2, -0.15) is 0 Å². The molecule has 10 atom stereocenters. The van der Waals surface area contributed by atoms with Crippen molar-refractivity contribution in [3.63, 3.8) is 0 Å². The predicted molar refractivity (Wildman–Crippen MR) is 204 cm³/mol. The lowest BCUT2D eigenvalue weighted by molar-refractivity contribution is -0.153. The van der Waals surface area contributed by atoms with E-state index in [1.165, 1.54) is 11.6 Å². The van der Waals surface area contributed by atoms with Crippen molar-refractivity contribution >= 4 is 12.0 Å². The van der Waals surface area contributed by atoms with E-state index in [1.807, 2.05) is 17.9 Å². The van der Waals surface area contributed by atoms with E-state index < -0.39 is 48.8 Å². The number of amides is 1. The van der Waals surface area contributed by atoms with Crippen LogP contribution < -0.4 is 16.0 Å². The largest absolute Gasteiger partial charge is 0.388 e. The van der Waals surface area contributed by atoms with Gasteiger partial charge in [-0.3, -0.25) is 25.6 Å². The lowest BCUT2D eigenvalue weighted by Crippen LogP contribution is -2.70. The smallest absolute Gasteiger partial charge is 0.246 e. The number of hydrogen-bond acceptors (Lipinski definition) is 11. The molecule has 1 aromatic carbocycles. The Hall–Kier alpha value is -2.49. The maximum absolute atomic E-state index is 12.7. The summed E-state index contributed by atoms with van der Waals surface area (Å²) in [6.45, 7) is 12.9. The standard InChI is InChI=1S/C41H63N5O7/c1-5-36(48)45(6-2)24-33(43-40(52)53-19-9-11-29-20-31(29)30-17-16-28-10-7-13-35(47)32(28)21-30)38(50)46-18-8-12-34(46)37(49)44-41(22-25(3)23-41)39(51)42-26(4)27-14-15-27/h5,7,10,16-17,21,26-27,29,31,33-35,37-40,42-44,47,49-52H,1,3,6,8-9,11-15,18-20,22-24H2,2,4H3/t26?,29?,31?,33-,34?,35?,37?,38?,39?,40?/m0/s1. The highest BCUT2D eigenvalue weighted by Gasteiger charge is 2.50. The second-order valence-corrected chi connectivity index (χ2v) is 16.3. The summed E-state index contributed by atoms with van der Waals surface area (Å²) in [4.78, 5) is 16.0. The summed E-state index contributed by atoms with van der Waals surface area (Å²) >= 11 is 0. The molecule has 8 N–H and O–H groups in total. The highest BCUT2D eigenvalue weighted by molar-refractivity contribution is 5.87. The van der Waals surface area contributed by atoms with Crippen LogP contribution >= 0.6 is 0 Å². The number of hydrogen-bond donors (Lipinski definition) is 8. The first-order chi connectivity index (χ1) is 25.4. The Morgan fingerprint density at radius 3 is 2.64 bits per heavy atom. The molecule has 3 saturated carbocycles. The Balaban J connectivity index is 1.03. The Morgan fingerprint density at radius 2 is 1.94 bits per heavy atom. The van der Waals surface area contributed by atoms with Gasteiger partial charge >= 0.3 is 0 Å². The van der Waals surface area contributed by atoms with Crippen molar-refractivity contribution in [2.45, 2.75) is 139 Å². The topological polar surface area (TPSA) is 170 Å². The molecule has 0 radical (unpaired) electrons. The molecule has 294 valence electrons. The third kappa shape index (κ3) is 9.67. The predicted octanol–water partition coefficient (Wildman–Crippen LogP) is 2.79. The van der Waals surface area contributed by atoms with Gasteiger partial charge in [0.2, 0.25) is 12.3 Å². The highest BCUT2D eigenvalue weighted by atomic mass is 16.6. The van der Waals surface area contributed by atoms with Gasteiger partial charge in [-0.1, -0.05) is 49.1 Å². The molecule has 12 heteroatoms. The zero-order chi connectivity index (χ0) is 37.9. The number of carbonyl (C=O) groups is 1. The SMILES string of the molecule is C=CC(=O)N(CC)C[C@H](NC(O)OCCCC1CC1c1ccc2c(c1)C(O)CC=C2)C(O)N1CCCC1C(O)NC1(C(O)NC(C)C2CC2)CC(=C)C1. The van der Waals surface area contributed by atoms with E-state index >= 15 is 0 Å². The fraction of sp³-hybridized carbons (Fsp3) is 0.683. The fourth-order valence-corrected chi connectivity index (χ4v) is 8.90. The van der Waals surface area contributed by atoms with Crippen LogP contribution in [0.4, 0.5) is 0 Å². The second kappa shape index (κ2) is 17.5. The molecule has 4 aliphatic carbocycles. The fourth-order valence-electron chi connectivity index (χ4n) is 8.90. The van der Waals surface area contributed by atoms with E-state index in [1.54, 1.807) is 4.90 Å². The van der Waals surface area contributed by atoms with Crippen LogP contribution in [0, 0.1) is 11.8 Å². The van der Waals surface area contributed by atoms with Gasteiger partial charge in [0, 0.05) is 25.7 Å². The molecule has 6 rings (SSSR count). The van der Waals surface area contributed by atoms with Crippen molar-refractivity contribution in [1.29, 1.82) is 0 Å². The number of carbonyl (C=O) groups excluding carboxylic acids is 1. The van der Waals surface area contributed by atoms with Crippen molar-refractivity contribution in [2.24, 2.45) is 11.8 Å². The van der Waals surface area contributed by atoms with Gasteiger partial charge < -0.3 is 35.2 Å². The molecule has 1 saturated heterocycles. The van der Waals surface area contributed by atoms with Gasteiger partial charge in [0.05, 0.1) is 30.3 Å². The normalized spacial score (nSPS) is 28.3. The average molecular weight is 738 g/mol. The van der Waals surface area contributed by atoms with Gasteiger partial charge in [0.25, 0.3) is 0 Å². The number of aliphatic hydroxyl groups excluding tert-OH is 5. The molecular weight excluding hydrogens is 674 g/mol. The van der Waals surface area contributed by atoms with Gasteiger partial charge in [-0.05, 0) is 119 Å². The van der Waals surface area contributed by atoms with Crippen LogP contribution in [-0.2, 0) is 9.53 Å². The zero-order valence-electron chi connectivity index (χ0n) is 31.6. The number of ether oxygens (including phenoxy) is 1. The summed E-state index contributed by atoms with van der Waals surface area (Å²) < 4.78 is 5.79. The summed E-state index contributed by atoms with van der Waals surface area (Å²) in [5.74, 6) is 1.25. The summed E-state index contributed by atoms with van der Waals surface area (Å²) in [6.07, 6.45) is 8.52. The van der Waals surface area contributed by atoms with Gasteiger partial charge in [0.1, 0.15) is 18.7 Å². The second-order valence-electron chi connectivity index (χ2n) is 16.3. The summed E-state index contributed by atoms with van der Waals surface area (Å²) in [5, 5.41) is 65.9. The van der Waals surface area contributed by atoms with Crippen LogP contribution in [0.2, 0.25) is 0 Å². The zero-order valence-corrected chi connectivity index (χ0v) is 31.6. The van der Waals surface area contributed by atoms with E-state index in [-0.39, 0.29) is 18.5 Å². The maximum atomic E-state index is 12.7. The minimum absolute atomic E-state index is 0.0795. The van der Waals surface area contributed by atoms with E-state index in [2.05, 4.69) is 60.3 Å². The molecule has 4 fully saturated rings. The van der Waals surface area contributed by atoms with Crippen LogP contribution in [-0.4, -0.2) is 116 Å². The number of nitrogens with one attached hydrogen (secondary N) is 3. The third-order valence-corrected chi connectivity index (χ3v) is 12.4. The van der Waals surface area contributed by atoms with Crippen molar-refractivity contribution < 1.29 is 35.1 Å². The minimum Gasteiger partial charge on any atom is -0.388 e. The van der Waals surface area contributed by atoms with Crippen LogP contribution in [0.15, 0.2) is 49.1 Å². The first kappa shape index (κ1) is 40.2. The monoisotopic (exact) mass is 737 g/mol. The van der Waals surface area contributed by atoms with Gasteiger partial charge in [-0.25, -0.2) is 0 Å². The van der Waals surface area contributed by atoms with E-state index in [9.17, 15) is 30.3 Å². The first-order valence-corrected chi connectivity index (χ1v) is 19.9. The molecule has 1 heterocycles. The van der Waals surface area contributed by atoms with Crippen molar-refractivity contribution in [2.75, 3.05) is 26.2 Å². The Morgan fingerprint density at radius 1 is 1.17 bits per heavy atom. The van der Waals surface area contributed by atoms with Crippen molar-refractivity contribution in [1.82, 2.24) is 25.8 Å². The number of nitrogens with zero attached hydrogens (tertiary/aromatic N) is 2. The van der Waals surface area contributed by atoms with Crippen LogP contribution in [0.5, 0.6) is 0 Å². The van der Waals surface area contributed by atoms with E-state index in [0.29, 0.717) is 63.1 Å². The molecule has 9 unspecified atom stereocenters. The number of likely N-dealkylation sites (tertiary alicyclic amines) is 1.